The second-order valence-corrected chi connectivity index (χ2v) is 5.28. The number of nitrogens with zero attached hydrogens (tertiary/aromatic N) is 4. The Kier molecular flexibility index (Phi) is 4.83. The van der Waals surface area contributed by atoms with Gasteiger partial charge in [0.25, 0.3) is 0 Å². The molecular formula is C11H10Br2N6. The number of hydrogen-bond donors (Lipinski definition) is 2. The van der Waals surface area contributed by atoms with E-state index in [2.05, 4.69) is 52.5 Å². The standard InChI is InChI=1S/C6H4BrN3.C5H6BrN3/c7-5-1-2-6-9-8-4-10(6)3-5;6-4-1-2-5(9-7)8-3-4/h1-4H;1-3H,7H2,(H,8,9). The van der Waals surface area contributed by atoms with Crippen LogP contribution in [0, 0.1) is 0 Å². The summed E-state index contributed by atoms with van der Waals surface area (Å²) in [6.45, 7) is 0. The van der Waals surface area contributed by atoms with Crippen LogP contribution in [-0.4, -0.2) is 19.6 Å². The summed E-state index contributed by atoms with van der Waals surface area (Å²) >= 11 is 6.58. The Morgan fingerprint density at radius 1 is 1.11 bits per heavy atom. The molecule has 0 saturated heterocycles. The van der Waals surface area contributed by atoms with E-state index < -0.39 is 0 Å². The van der Waals surface area contributed by atoms with Gasteiger partial charge in [-0.25, -0.2) is 10.8 Å². The number of aromatic nitrogens is 4. The van der Waals surface area contributed by atoms with Crippen molar-refractivity contribution in [1.29, 1.82) is 0 Å². The highest BCUT2D eigenvalue weighted by Crippen LogP contribution is 2.09. The van der Waals surface area contributed by atoms with Crippen LogP contribution in [0.1, 0.15) is 0 Å². The number of hydrogen-bond acceptors (Lipinski definition) is 5. The zero-order valence-electron chi connectivity index (χ0n) is 9.66. The van der Waals surface area contributed by atoms with Gasteiger partial charge in [0.15, 0.2) is 5.65 Å². The van der Waals surface area contributed by atoms with Crippen molar-refractivity contribution >= 4 is 43.3 Å². The number of nitrogens with one attached hydrogen (secondary N) is 1. The first kappa shape index (κ1) is 13.9. The lowest BCUT2D eigenvalue weighted by atomic mass is 10.5. The fourth-order valence-electron chi connectivity index (χ4n) is 1.26. The molecule has 0 amide bonds. The van der Waals surface area contributed by atoms with Gasteiger partial charge in [-0.2, -0.15) is 0 Å². The number of nitrogens with two attached hydrogens (primary N) is 1. The zero-order chi connectivity index (χ0) is 13.7. The molecule has 19 heavy (non-hydrogen) atoms. The molecule has 0 unspecified atom stereocenters. The molecule has 0 atom stereocenters. The summed E-state index contributed by atoms with van der Waals surface area (Å²) in [6.07, 6.45) is 5.25. The van der Waals surface area contributed by atoms with Crippen LogP contribution in [0.4, 0.5) is 5.82 Å². The second kappa shape index (κ2) is 6.60. The summed E-state index contributed by atoms with van der Waals surface area (Å²) in [6, 6.07) is 7.48. The van der Waals surface area contributed by atoms with E-state index in [1.807, 2.05) is 28.8 Å². The molecule has 3 aromatic rings. The van der Waals surface area contributed by atoms with E-state index in [1.54, 1.807) is 18.6 Å². The quantitative estimate of drug-likeness (QED) is 0.497. The van der Waals surface area contributed by atoms with Crippen molar-refractivity contribution in [1.82, 2.24) is 19.6 Å². The Hall–Kier alpha value is -1.51. The minimum Gasteiger partial charge on any atom is -0.308 e. The van der Waals surface area contributed by atoms with Crippen LogP contribution in [-0.2, 0) is 0 Å². The van der Waals surface area contributed by atoms with Gasteiger partial charge in [-0.05, 0) is 56.1 Å². The molecule has 98 valence electrons. The smallest absolute Gasteiger partial charge is 0.160 e. The molecule has 0 fully saturated rings. The van der Waals surface area contributed by atoms with Crippen molar-refractivity contribution in [3.8, 4) is 0 Å². The molecule has 0 spiro atoms. The lowest BCUT2D eigenvalue weighted by Gasteiger charge is -1.95. The van der Waals surface area contributed by atoms with Gasteiger partial charge in [-0.1, -0.05) is 0 Å². The fourth-order valence-corrected chi connectivity index (χ4v) is 1.85. The zero-order valence-corrected chi connectivity index (χ0v) is 12.8. The maximum absolute atomic E-state index is 5.07. The summed E-state index contributed by atoms with van der Waals surface area (Å²) < 4.78 is 3.82. The van der Waals surface area contributed by atoms with Crippen molar-refractivity contribution < 1.29 is 0 Å². The van der Waals surface area contributed by atoms with Crippen LogP contribution < -0.4 is 11.3 Å². The number of anilines is 1. The Balaban J connectivity index is 0.000000141. The van der Waals surface area contributed by atoms with E-state index in [0.717, 1.165) is 14.6 Å². The molecule has 3 rings (SSSR count). The topological polar surface area (TPSA) is 81.1 Å². The summed E-state index contributed by atoms with van der Waals surface area (Å²) in [7, 11) is 0. The van der Waals surface area contributed by atoms with Crippen molar-refractivity contribution in [3.63, 3.8) is 0 Å². The van der Waals surface area contributed by atoms with Crippen LogP contribution in [0.3, 0.4) is 0 Å². The molecule has 3 heterocycles. The molecule has 8 heteroatoms. The molecule has 3 aromatic heterocycles. The summed E-state index contributed by atoms with van der Waals surface area (Å²) in [4.78, 5) is 3.91. The van der Waals surface area contributed by atoms with Crippen molar-refractivity contribution in [2.75, 3.05) is 5.43 Å². The van der Waals surface area contributed by atoms with Crippen LogP contribution in [0.15, 0.2) is 51.9 Å². The van der Waals surface area contributed by atoms with Crippen LogP contribution in [0.5, 0.6) is 0 Å². The number of rotatable bonds is 1. The van der Waals surface area contributed by atoms with E-state index >= 15 is 0 Å². The molecular weight excluding hydrogens is 376 g/mol. The highest BCUT2D eigenvalue weighted by Gasteiger charge is 1.92. The third kappa shape index (κ3) is 3.98. The van der Waals surface area contributed by atoms with Gasteiger partial charge < -0.3 is 5.43 Å². The van der Waals surface area contributed by atoms with Crippen molar-refractivity contribution in [2.24, 2.45) is 5.84 Å². The summed E-state index contributed by atoms with van der Waals surface area (Å²) in [5.41, 5.74) is 3.29. The highest BCUT2D eigenvalue weighted by atomic mass is 79.9. The number of nitrogen functional groups attached to an aromatic ring is 1. The van der Waals surface area contributed by atoms with Crippen LogP contribution in [0.2, 0.25) is 0 Å². The van der Waals surface area contributed by atoms with Gasteiger partial charge >= 0.3 is 0 Å². The van der Waals surface area contributed by atoms with Gasteiger partial charge in [0.2, 0.25) is 0 Å². The van der Waals surface area contributed by atoms with E-state index in [0.29, 0.717) is 5.82 Å². The lowest BCUT2D eigenvalue weighted by molar-refractivity contribution is 1.10. The second-order valence-electron chi connectivity index (χ2n) is 3.45. The number of fused-ring (bicyclic) bond motifs is 1. The Labute approximate surface area is 126 Å². The highest BCUT2D eigenvalue weighted by molar-refractivity contribution is 9.10. The molecule has 0 aliphatic rings. The molecule has 0 bridgehead atoms. The Bertz CT molecular complexity index is 652. The SMILES string of the molecule is Brc1ccc2nncn2c1.NNc1ccc(Br)cn1. The van der Waals surface area contributed by atoms with E-state index in [9.17, 15) is 0 Å². The van der Waals surface area contributed by atoms with Gasteiger partial charge in [0, 0.05) is 21.3 Å². The van der Waals surface area contributed by atoms with Gasteiger partial charge in [-0.3, -0.25) is 4.40 Å². The van der Waals surface area contributed by atoms with E-state index in [4.69, 9.17) is 5.84 Å². The number of pyridine rings is 2. The predicted molar refractivity (Wildman–Crippen MR) is 80.4 cm³/mol. The average Bonchev–Trinajstić information content (AvgIpc) is 2.87. The molecule has 0 aromatic carbocycles. The van der Waals surface area contributed by atoms with Crippen molar-refractivity contribution in [2.45, 2.75) is 0 Å². The monoisotopic (exact) mass is 384 g/mol. The number of hydrazine groups is 1. The van der Waals surface area contributed by atoms with Crippen LogP contribution >= 0.6 is 31.9 Å². The Morgan fingerprint density at radius 3 is 2.58 bits per heavy atom. The maximum Gasteiger partial charge on any atom is 0.160 e. The largest absolute Gasteiger partial charge is 0.308 e. The molecule has 0 saturated carbocycles. The molecule has 6 nitrogen and oxygen atoms in total. The van der Waals surface area contributed by atoms with Gasteiger partial charge in [-0.15, -0.1) is 10.2 Å². The Morgan fingerprint density at radius 2 is 1.89 bits per heavy atom. The van der Waals surface area contributed by atoms with Gasteiger partial charge in [0.05, 0.1) is 0 Å². The average molecular weight is 386 g/mol. The molecule has 0 radical (unpaired) electrons. The fraction of sp³-hybridized carbons (Fsp3) is 0. The maximum atomic E-state index is 5.07. The van der Waals surface area contributed by atoms with Gasteiger partial charge in [0.1, 0.15) is 12.1 Å². The summed E-state index contributed by atoms with van der Waals surface area (Å²) in [5, 5.41) is 7.59. The minimum atomic E-state index is 0.665. The molecule has 0 aliphatic carbocycles. The van der Waals surface area contributed by atoms with Crippen LogP contribution in [0.25, 0.3) is 5.65 Å². The third-order valence-electron chi connectivity index (χ3n) is 2.13. The van der Waals surface area contributed by atoms with Crippen molar-refractivity contribution in [3.05, 3.63) is 51.9 Å². The van der Waals surface area contributed by atoms with E-state index in [-0.39, 0.29) is 0 Å². The first-order valence-electron chi connectivity index (χ1n) is 5.22. The first-order valence-corrected chi connectivity index (χ1v) is 6.80. The van der Waals surface area contributed by atoms with E-state index in [1.165, 1.54) is 0 Å². The predicted octanol–water partition coefficient (Wildman–Crippen LogP) is 2.62. The first-order chi connectivity index (χ1) is 9.19. The third-order valence-corrected chi connectivity index (χ3v) is 3.07. The summed E-state index contributed by atoms with van der Waals surface area (Å²) in [5.74, 6) is 5.74. The molecule has 3 N–H and O–H groups in total. The lowest BCUT2D eigenvalue weighted by Crippen LogP contribution is -2.07. The minimum absolute atomic E-state index is 0.665. The normalized spacial score (nSPS) is 9.84. The number of halogens is 2. The molecule has 0 aliphatic heterocycles.